The van der Waals surface area contributed by atoms with Crippen LogP contribution in [0.3, 0.4) is 0 Å². The molecular weight excluding hydrogens is 296 g/mol. The molecule has 0 spiro atoms. The van der Waals surface area contributed by atoms with Crippen LogP contribution in [0.25, 0.3) is 11.0 Å². The van der Waals surface area contributed by atoms with Gasteiger partial charge in [0, 0.05) is 6.07 Å². The van der Waals surface area contributed by atoms with Gasteiger partial charge in [-0.15, -0.1) is 0 Å². The van der Waals surface area contributed by atoms with Crippen LogP contribution in [0, 0.1) is 13.8 Å². The van der Waals surface area contributed by atoms with E-state index in [9.17, 15) is 9.59 Å². The number of nitrogens with zero attached hydrogens (tertiary/aromatic N) is 2. The van der Waals surface area contributed by atoms with Crippen LogP contribution >= 0.6 is 0 Å². The van der Waals surface area contributed by atoms with Gasteiger partial charge in [-0.2, -0.15) is 5.10 Å². The molecule has 0 saturated carbocycles. The van der Waals surface area contributed by atoms with E-state index in [2.05, 4.69) is 20.5 Å². The Balaban J connectivity index is 1.90. The maximum absolute atomic E-state index is 12.3. The second-order valence-electron chi connectivity index (χ2n) is 5.45. The minimum Gasteiger partial charge on any atom is -0.451 e. The molecule has 1 amide bonds. The molecule has 1 atom stereocenters. The number of aryl methyl sites for hydroxylation is 2. The first-order valence-corrected chi connectivity index (χ1v) is 7.18. The SMILES string of the molecule is Cc1ccc2c(=O)cc(C(=O)N[C@H](C)c3n[nH]c(C)n3)oc2c1. The summed E-state index contributed by atoms with van der Waals surface area (Å²) in [6, 6.07) is 6.04. The van der Waals surface area contributed by atoms with E-state index in [1.807, 2.05) is 13.0 Å². The van der Waals surface area contributed by atoms with Crippen molar-refractivity contribution in [2.75, 3.05) is 0 Å². The highest BCUT2D eigenvalue weighted by Crippen LogP contribution is 2.15. The number of aromatic nitrogens is 3. The number of hydrogen-bond acceptors (Lipinski definition) is 5. The van der Waals surface area contributed by atoms with Crippen LogP contribution in [0.15, 0.2) is 33.5 Å². The summed E-state index contributed by atoms with van der Waals surface area (Å²) in [6.45, 7) is 5.42. The van der Waals surface area contributed by atoms with Gasteiger partial charge in [0.05, 0.1) is 11.4 Å². The number of hydrogen-bond donors (Lipinski definition) is 2. The highest BCUT2D eigenvalue weighted by Gasteiger charge is 2.18. The Kier molecular flexibility index (Phi) is 3.69. The zero-order valence-corrected chi connectivity index (χ0v) is 13.0. The van der Waals surface area contributed by atoms with E-state index in [4.69, 9.17) is 4.42 Å². The lowest BCUT2D eigenvalue weighted by Crippen LogP contribution is -2.28. The van der Waals surface area contributed by atoms with Crippen LogP contribution in [0.1, 0.15) is 40.7 Å². The number of benzene rings is 1. The van der Waals surface area contributed by atoms with Crippen molar-refractivity contribution in [1.82, 2.24) is 20.5 Å². The Hall–Kier alpha value is -2.96. The molecule has 23 heavy (non-hydrogen) atoms. The van der Waals surface area contributed by atoms with Gasteiger partial charge in [-0.3, -0.25) is 14.7 Å². The standard InChI is InChI=1S/C16H16N4O3/c1-8-4-5-11-12(21)7-14(23-13(11)6-8)16(22)17-9(2)15-18-10(3)19-20-15/h4-7,9H,1-3H3,(H,17,22)(H,18,19,20)/t9-/m1/s1. The third kappa shape index (κ3) is 2.98. The summed E-state index contributed by atoms with van der Waals surface area (Å²) in [5, 5.41) is 9.88. The fourth-order valence-electron chi connectivity index (χ4n) is 2.26. The lowest BCUT2D eigenvalue weighted by atomic mass is 10.1. The Morgan fingerprint density at radius 2 is 2.09 bits per heavy atom. The fraction of sp³-hybridized carbons (Fsp3) is 0.250. The van der Waals surface area contributed by atoms with Gasteiger partial charge < -0.3 is 9.73 Å². The summed E-state index contributed by atoms with van der Waals surface area (Å²) in [5.41, 5.74) is 1.09. The monoisotopic (exact) mass is 312 g/mol. The number of rotatable bonds is 3. The zero-order chi connectivity index (χ0) is 16.6. The maximum atomic E-state index is 12.3. The van der Waals surface area contributed by atoms with Crippen molar-refractivity contribution in [3.63, 3.8) is 0 Å². The number of amides is 1. The van der Waals surface area contributed by atoms with Crippen molar-refractivity contribution < 1.29 is 9.21 Å². The second-order valence-corrected chi connectivity index (χ2v) is 5.45. The van der Waals surface area contributed by atoms with Gasteiger partial charge in [-0.1, -0.05) is 6.07 Å². The minimum atomic E-state index is -0.486. The molecule has 118 valence electrons. The Morgan fingerprint density at radius 3 is 2.78 bits per heavy atom. The van der Waals surface area contributed by atoms with E-state index in [1.165, 1.54) is 6.07 Å². The lowest BCUT2D eigenvalue weighted by Gasteiger charge is -2.10. The van der Waals surface area contributed by atoms with E-state index in [-0.39, 0.29) is 11.2 Å². The van der Waals surface area contributed by atoms with Crippen molar-refractivity contribution in [2.24, 2.45) is 0 Å². The predicted octanol–water partition coefficient (Wildman–Crippen LogP) is 2.02. The largest absolute Gasteiger partial charge is 0.451 e. The maximum Gasteiger partial charge on any atom is 0.287 e. The molecule has 1 aromatic carbocycles. The zero-order valence-electron chi connectivity index (χ0n) is 13.0. The van der Waals surface area contributed by atoms with Crippen LogP contribution in [-0.4, -0.2) is 21.1 Å². The van der Waals surface area contributed by atoms with Crippen molar-refractivity contribution in [2.45, 2.75) is 26.8 Å². The van der Waals surface area contributed by atoms with Gasteiger partial charge >= 0.3 is 0 Å². The Bertz CT molecular complexity index is 942. The summed E-state index contributed by atoms with van der Waals surface area (Å²) < 4.78 is 5.57. The molecule has 0 saturated heterocycles. The highest BCUT2D eigenvalue weighted by atomic mass is 16.3. The molecule has 0 radical (unpaired) electrons. The number of H-pyrrole nitrogens is 1. The smallest absolute Gasteiger partial charge is 0.287 e. The van der Waals surface area contributed by atoms with Crippen molar-refractivity contribution >= 4 is 16.9 Å². The van der Waals surface area contributed by atoms with E-state index in [0.29, 0.717) is 22.6 Å². The summed E-state index contributed by atoms with van der Waals surface area (Å²) in [7, 11) is 0. The molecule has 7 heteroatoms. The second kappa shape index (κ2) is 5.68. The third-order valence-corrected chi connectivity index (χ3v) is 3.46. The molecule has 3 rings (SSSR count). The van der Waals surface area contributed by atoms with Gasteiger partial charge in [-0.25, -0.2) is 4.98 Å². The first-order valence-electron chi connectivity index (χ1n) is 7.18. The summed E-state index contributed by atoms with van der Waals surface area (Å²) in [4.78, 5) is 28.6. The van der Waals surface area contributed by atoms with Crippen LogP contribution in [0.2, 0.25) is 0 Å². The van der Waals surface area contributed by atoms with Crippen LogP contribution in [0.5, 0.6) is 0 Å². The number of fused-ring (bicyclic) bond motifs is 1. The summed E-state index contributed by atoms with van der Waals surface area (Å²) in [5.74, 6) is 0.608. The van der Waals surface area contributed by atoms with E-state index in [0.717, 1.165) is 5.56 Å². The quantitative estimate of drug-likeness (QED) is 0.770. The molecule has 2 aromatic heterocycles. The topological polar surface area (TPSA) is 101 Å². The first kappa shape index (κ1) is 15.0. The predicted molar refractivity (Wildman–Crippen MR) is 84.2 cm³/mol. The Morgan fingerprint density at radius 1 is 1.30 bits per heavy atom. The number of carbonyl (C=O) groups excluding carboxylic acids is 1. The summed E-state index contributed by atoms with van der Waals surface area (Å²) in [6.07, 6.45) is 0. The van der Waals surface area contributed by atoms with Gasteiger partial charge in [0.25, 0.3) is 5.91 Å². The molecule has 0 aliphatic rings. The van der Waals surface area contributed by atoms with E-state index >= 15 is 0 Å². The van der Waals surface area contributed by atoms with Crippen molar-refractivity contribution in [1.29, 1.82) is 0 Å². The first-order chi connectivity index (χ1) is 10.9. The summed E-state index contributed by atoms with van der Waals surface area (Å²) >= 11 is 0. The molecular formula is C16H16N4O3. The van der Waals surface area contributed by atoms with Crippen LogP contribution < -0.4 is 10.7 Å². The number of aromatic amines is 1. The van der Waals surface area contributed by atoms with Gasteiger partial charge in [0.2, 0.25) is 0 Å². The van der Waals surface area contributed by atoms with Crippen molar-refractivity contribution in [3.8, 4) is 0 Å². The number of nitrogens with one attached hydrogen (secondary N) is 2. The average molecular weight is 312 g/mol. The number of carbonyl (C=O) groups is 1. The van der Waals surface area contributed by atoms with E-state index < -0.39 is 11.9 Å². The van der Waals surface area contributed by atoms with Crippen LogP contribution in [0.4, 0.5) is 0 Å². The van der Waals surface area contributed by atoms with Crippen LogP contribution in [-0.2, 0) is 0 Å². The van der Waals surface area contributed by atoms with Gasteiger partial charge in [0.1, 0.15) is 11.4 Å². The molecule has 7 nitrogen and oxygen atoms in total. The molecule has 3 aromatic rings. The normalized spacial score (nSPS) is 12.3. The third-order valence-electron chi connectivity index (χ3n) is 3.46. The Labute approximate surface area is 131 Å². The lowest BCUT2D eigenvalue weighted by molar-refractivity contribution is 0.0911. The molecule has 0 aliphatic carbocycles. The van der Waals surface area contributed by atoms with E-state index in [1.54, 1.807) is 26.0 Å². The molecule has 0 unspecified atom stereocenters. The molecule has 2 N–H and O–H groups in total. The highest BCUT2D eigenvalue weighted by molar-refractivity contribution is 5.93. The van der Waals surface area contributed by atoms with Gasteiger partial charge in [0.15, 0.2) is 17.0 Å². The minimum absolute atomic E-state index is 0.0350. The van der Waals surface area contributed by atoms with Gasteiger partial charge in [-0.05, 0) is 38.5 Å². The van der Waals surface area contributed by atoms with Crippen molar-refractivity contribution in [3.05, 3.63) is 57.5 Å². The molecule has 0 bridgehead atoms. The molecule has 2 heterocycles. The molecule has 0 fully saturated rings. The average Bonchev–Trinajstić information content (AvgIpc) is 2.93. The molecule has 0 aliphatic heterocycles. The fourth-order valence-corrected chi connectivity index (χ4v) is 2.26.